The molecule has 0 saturated carbocycles. The molecule has 0 aliphatic rings. The summed E-state index contributed by atoms with van der Waals surface area (Å²) in [6.45, 7) is -0.737. The van der Waals surface area contributed by atoms with Gasteiger partial charge in [-0.1, -0.05) is 11.6 Å². The number of alkyl halides is 1. The highest BCUT2D eigenvalue weighted by atomic mass is 35.5. The van der Waals surface area contributed by atoms with Crippen LogP contribution < -0.4 is 11.1 Å². The molecule has 0 unspecified atom stereocenters. The van der Waals surface area contributed by atoms with Crippen molar-refractivity contribution in [3.63, 3.8) is 0 Å². The molecule has 1 N–H and O–H groups in total. The number of pyridine rings is 1. The lowest BCUT2D eigenvalue weighted by atomic mass is 10.1. The van der Waals surface area contributed by atoms with E-state index < -0.39 is 35.3 Å². The summed E-state index contributed by atoms with van der Waals surface area (Å²) in [4.78, 5) is 39.2. The Hall–Kier alpha value is -3.08. The maximum absolute atomic E-state index is 14.6. The number of fused-ring (bicyclic) bond motifs is 1. The Bertz CT molecular complexity index is 1150. The number of hydrogen-bond donors (Lipinski definition) is 1. The SMILES string of the molecule is COC(=O)c1cc(=O)c2c(-n3nnn(CCCF)c3=O)c(F)cc(Cl)c2[nH]1. The van der Waals surface area contributed by atoms with Crippen molar-refractivity contribution in [2.75, 3.05) is 13.8 Å². The molecule has 9 nitrogen and oxygen atoms in total. The molecule has 0 saturated heterocycles. The summed E-state index contributed by atoms with van der Waals surface area (Å²) in [5, 5.41) is 6.63. The fourth-order valence-corrected chi connectivity index (χ4v) is 2.77. The van der Waals surface area contributed by atoms with Crippen LogP contribution in [-0.2, 0) is 11.3 Å². The summed E-state index contributed by atoms with van der Waals surface area (Å²) < 4.78 is 32.9. The molecule has 3 aromatic rings. The van der Waals surface area contributed by atoms with E-state index in [1.54, 1.807) is 0 Å². The molecule has 12 heteroatoms. The number of nitrogens with zero attached hydrogens (tertiary/aromatic N) is 4. The zero-order valence-corrected chi connectivity index (χ0v) is 14.6. The number of ether oxygens (including phenoxy) is 1. The summed E-state index contributed by atoms with van der Waals surface area (Å²) >= 11 is 5.99. The normalized spacial score (nSPS) is 11.1. The van der Waals surface area contributed by atoms with Crippen LogP contribution in [0.25, 0.3) is 16.6 Å². The first-order valence-electron chi connectivity index (χ1n) is 7.61. The standard InChI is InChI=1S/C15H12ClF2N5O4/c1-27-14(25)9-6-10(24)11-12(19-9)7(16)5-8(18)13(11)23-15(26)22(20-21-23)4-2-3-17/h5-6H,2-4H2,1H3,(H,19,24). The van der Waals surface area contributed by atoms with Crippen LogP contribution in [0.5, 0.6) is 0 Å². The van der Waals surface area contributed by atoms with Crippen molar-refractivity contribution < 1.29 is 18.3 Å². The average molecular weight is 400 g/mol. The number of benzene rings is 1. The number of hydrogen-bond acceptors (Lipinski definition) is 6. The van der Waals surface area contributed by atoms with Gasteiger partial charge in [-0.2, -0.15) is 9.36 Å². The van der Waals surface area contributed by atoms with Gasteiger partial charge >= 0.3 is 11.7 Å². The molecule has 0 atom stereocenters. The van der Waals surface area contributed by atoms with E-state index in [0.717, 1.165) is 23.9 Å². The first kappa shape index (κ1) is 18.7. The fourth-order valence-electron chi connectivity index (χ4n) is 2.54. The zero-order chi connectivity index (χ0) is 19.7. The number of carbonyl (C=O) groups excluding carboxylic acids is 1. The molecule has 142 valence electrons. The maximum Gasteiger partial charge on any atom is 0.368 e. The molecular formula is C15H12ClF2N5O4. The van der Waals surface area contributed by atoms with Crippen LogP contribution in [0.3, 0.4) is 0 Å². The number of rotatable bonds is 5. The summed E-state index contributed by atoms with van der Waals surface area (Å²) in [7, 11) is 1.12. The van der Waals surface area contributed by atoms with Crippen molar-refractivity contribution in [2.24, 2.45) is 0 Å². The van der Waals surface area contributed by atoms with E-state index in [2.05, 4.69) is 20.1 Å². The average Bonchev–Trinajstić information content (AvgIpc) is 3.00. The Labute approximate surface area is 154 Å². The number of halogens is 3. The summed E-state index contributed by atoms with van der Waals surface area (Å²) in [5.41, 5.74) is -2.41. The van der Waals surface area contributed by atoms with Gasteiger partial charge in [-0.05, 0) is 22.9 Å². The van der Waals surface area contributed by atoms with E-state index in [9.17, 15) is 23.2 Å². The van der Waals surface area contributed by atoms with Crippen LogP contribution in [0.15, 0.2) is 21.7 Å². The summed E-state index contributed by atoms with van der Waals surface area (Å²) in [6, 6.07) is 1.76. The summed E-state index contributed by atoms with van der Waals surface area (Å²) in [5.74, 6) is -1.83. The molecule has 27 heavy (non-hydrogen) atoms. The van der Waals surface area contributed by atoms with Crippen molar-refractivity contribution in [2.45, 2.75) is 13.0 Å². The van der Waals surface area contributed by atoms with E-state index in [1.165, 1.54) is 0 Å². The third kappa shape index (κ3) is 3.21. The molecular weight excluding hydrogens is 388 g/mol. The second kappa shape index (κ2) is 7.27. The highest BCUT2D eigenvalue weighted by molar-refractivity contribution is 6.35. The van der Waals surface area contributed by atoms with Gasteiger partial charge in [0.25, 0.3) is 0 Å². The number of aromatic nitrogens is 5. The van der Waals surface area contributed by atoms with Crippen molar-refractivity contribution >= 4 is 28.5 Å². The molecule has 0 amide bonds. The largest absolute Gasteiger partial charge is 0.464 e. The van der Waals surface area contributed by atoms with Crippen molar-refractivity contribution in [3.05, 3.63) is 49.4 Å². The molecule has 1 aromatic carbocycles. The van der Waals surface area contributed by atoms with Crippen LogP contribution in [0.2, 0.25) is 5.02 Å². The molecule has 0 aliphatic heterocycles. The Morgan fingerprint density at radius 2 is 2.07 bits per heavy atom. The highest BCUT2D eigenvalue weighted by Gasteiger charge is 2.22. The Kier molecular flexibility index (Phi) is 5.04. The lowest BCUT2D eigenvalue weighted by molar-refractivity contribution is 0.0594. The molecule has 2 heterocycles. The van der Waals surface area contributed by atoms with E-state index in [1.807, 2.05) is 0 Å². The smallest absolute Gasteiger partial charge is 0.368 e. The van der Waals surface area contributed by atoms with Crippen LogP contribution in [-0.4, -0.2) is 44.5 Å². The molecule has 0 aliphatic carbocycles. The predicted octanol–water partition coefficient (Wildman–Crippen LogP) is 1.21. The molecule has 0 fully saturated rings. The van der Waals surface area contributed by atoms with Crippen LogP contribution in [0.1, 0.15) is 16.9 Å². The van der Waals surface area contributed by atoms with E-state index in [4.69, 9.17) is 11.6 Å². The van der Waals surface area contributed by atoms with Gasteiger partial charge < -0.3 is 9.72 Å². The van der Waals surface area contributed by atoms with E-state index in [-0.39, 0.29) is 34.6 Å². The topological polar surface area (TPSA) is 112 Å². The fraction of sp³-hybridized carbons (Fsp3) is 0.267. The molecule has 0 spiro atoms. The van der Waals surface area contributed by atoms with Crippen molar-refractivity contribution in [3.8, 4) is 5.69 Å². The zero-order valence-electron chi connectivity index (χ0n) is 13.8. The van der Waals surface area contributed by atoms with Gasteiger partial charge in [0.2, 0.25) is 0 Å². The monoisotopic (exact) mass is 399 g/mol. The van der Waals surface area contributed by atoms with Gasteiger partial charge in [-0.25, -0.2) is 14.0 Å². The third-order valence-corrected chi connectivity index (χ3v) is 4.04. The first-order chi connectivity index (χ1) is 12.9. The number of esters is 1. The minimum atomic E-state index is -0.997. The number of carbonyl (C=O) groups is 1. The number of H-pyrrole nitrogens is 1. The number of aryl methyl sites for hydroxylation is 1. The minimum absolute atomic E-state index is 0.0194. The summed E-state index contributed by atoms with van der Waals surface area (Å²) in [6.07, 6.45) is 0.0194. The van der Waals surface area contributed by atoms with Crippen LogP contribution >= 0.6 is 11.6 Å². The Morgan fingerprint density at radius 3 is 2.74 bits per heavy atom. The number of nitrogens with one attached hydrogen (secondary N) is 1. The second-order valence-corrected chi connectivity index (χ2v) is 5.82. The second-order valence-electron chi connectivity index (χ2n) is 5.42. The van der Waals surface area contributed by atoms with Gasteiger partial charge in [-0.3, -0.25) is 9.18 Å². The molecule has 2 aromatic heterocycles. The van der Waals surface area contributed by atoms with Crippen molar-refractivity contribution in [1.29, 1.82) is 0 Å². The first-order valence-corrected chi connectivity index (χ1v) is 7.99. The molecule has 3 rings (SSSR count). The lowest BCUT2D eigenvalue weighted by Gasteiger charge is -2.09. The number of aromatic amines is 1. The van der Waals surface area contributed by atoms with Crippen LogP contribution in [0, 0.1) is 5.82 Å². The van der Waals surface area contributed by atoms with Gasteiger partial charge in [-0.15, -0.1) is 0 Å². The lowest BCUT2D eigenvalue weighted by Crippen LogP contribution is -2.26. The van der Waals surface area contributed by atoms with Crippen LogP contribution in [0.4, 0.5) is 8.78 Å². The highest BCUT2D eigenvalue weighted by Crippen LogP contribution is 2.27. The van der Waals surface area contributed by atoms with Gasteiger partial charge in [0.05, 0.1) is 36.3 Å². The quantitative estimate of drug-likeness (QED) is 0.645. The number of tetrazole rings is 1. The predicted molar refractivity (Wildman–Crippen MR) is 90.6 cm³/mol. The van der Waals surface area contributed by atoms with Crippen molar-refractivity contribution in [1.82, 2.24) is 24.8 Å². The molecule has 0 bridgehead atoms. The Morgan fingerprint density at radius 1 is 1.33 bits per heavy atom. The Balaban J connectivity index is 2.32. The maximum atomic E-state index is 14.6. The van der Waals surface area contributed by atoms with Gasteiger partial charge in [0, 0.05) is 6.07 Å². The van der Waals surface area contributed by atoms with Gasteiger partial charge in [0.15, 0.2) is 11.2 Å². The number of methoxy groups -OCH3 is 1. The molecule has 0 radical (unpaired) electrons. The van der Waals surface area contributed by atoms with E-state index >= 15 is 0 Å². The minimum Gasteiger partial charge on any atom is -0.464 e. The third-order valence-electron chi connectivity index (χ3n) is 3.75. The van der Waals surface area contributed by atoms with E-state index in [0.29, 0.717) is 4.68 Å². The van der Waals surface area contributed by atoms with Gasteiger partial charge in [0.1, 0.15) is 11.4 Å².